The molecule has 0 amide bonds. The van der Waals surface area contributed by atoms with Crippen LogP contribution in [-0.2, 0) is 6.54 Å². The molecule has 0 unspecified atom stereocenters. The Morgan fingerprint density at radius 1 is 1.30 bits per heavy atom. The Labute approximate surface area is 125 Å². The molecule has 0 aliphatic rings. The third-order valence-corrected chi connectivity index (χ3v) is 2.98. The van der Waals surface area contributed by atoms with E-state index in [4.69, 9.17) is 4.74 Å². The highest BCUT2D eigenvalue weighted by atomic mass is 79.9. The van der Waals surface area contributed by atoms with E-state index in [1.807, 2.05) is 0 Å². The summed E-state index contributed by atoms with van der Waals surface area (Å²) in [6, 6.07) is 5.06. The van der Waals surface area contributed by atoms with Gasteiger partial charge in [0.15, 0.2) is 11.6 Å². The van der Waals surface area contributed by atoms with Gasteiger partial charge in [0.2, 0.25) is 0 Å². The Kier molecular flexibility index (Phi) is 5.03. The van der Waals surface area contributed by atoms with Crippen LogP contribution in [0.15, 0.2) is 35.1 Å². The molecule has 2 rings (SSSR count). The number of rotatable bonds is 5. The molecule has 0 fully saturated rings. The monoisotopic (exact) mass is 339 g/mol. The number of hydrogen-bond donors (Lipinski definition) is 1. The first-order chi connectivity index (χ1) is 9.54. The molecule has 6 heteroatoms. The Hall–Kier alpha value is -1.53. The molecule has 2 aromatic rings. The van der Waals surface area contributed by atoms with Crippen molar-refractivity contribution in [3.63, 3.8) is 0 Å². The van der Waals surface area contributed by atoms with E-state index in [-0.39, 0.29) is 11.8 Å². The summed E-state index contributed by atoms with van der Waals surface area (Å²) >= 11 is 3.19. The molecule has 1 heterocycles. The lowest BCUT2D eigenvalue weighted by Crippen LogP contribution is -2.21. The van der Waals surface area contributed by atoms with E-state index in [1.54, 1.807) is 18.5 Å². The zero-order valence-corrected chi connectivity index (χ0v) is 12.8. The van der Waals surface area contributed by atoms with Crippen molar-refractivity contribution in [3.05, 3.63) is 46.4 Å². The second-order valence-corrected chi connectivity index (χ2v) is 5.50. The van der Waals surface area contributed by atoms with Crippen LogP contribution in [0.3, 0.4) is 0 Å². The van der Waals surface area contributed by atoms with Crippen molar-refractivity contribution in [2.45, 2.75) is 26.4 Å². The fraction of sp³-hybridized carbons (Fsp3) is 0.286. The van der Waals surface area contributed by atoms with Crippen molar-refractivity contribution >= 4 is 15.9 Å². The maximum atomic E-state index is 13.6. The van der Waals surface area contributed by atoms with Gasteiger partial charge in [-0.25, -0.2) is 14.4 Å². The van der Waals surface area contributed by atoms with Gasteiger partial charge >= 0.3 is 6.01 Å². The van der Waals surface area contributed by atoms with Crippen LogP contribution in [0.2, 0.25) is 0 Å². The molecule has 0 spiro atoms. The molecule has 20 heavy (non-hydrogen) atoms. The standard InChI is InChI=1S/C14H15BrFN3O/c1-9(2)17-6-10-7-18-14(19-8-10)20-13-4-3-11(15)5-12(13)16/h3-5,7-9,17H,6H2,1-2H3. The lowest BCUT2D eigenvalue weighted by atomic mass is 10.3. The van der Waals surface area contributed by atoms with Gasteiger partial charge in [-0.2, -0.15) is 0 Å². The van der Waals surface area contributed by atoms with Crippen LogP contribution in [0.4, 0.5) is 4.39 Å². The van der Waals surface area contributed by atoms with Crippen LogP contribution in [0.5, 0.6) is 11.8 Å². The highest BCUT2D eigenvalue weighted by Gasteiger charge is 2.07. The maximum absolute atomic E-state index is 13.6. The number of halogens is 2. The second kappa shape index (κ2) is 6.76. The van der Waals surface area contributed by atoms with Gasteiger partial charge in [0.1, 0.15) is 0 Å². The van der Waals surface area contributed by atoms with Crippen LogP contribution in [0.25, 0.3) is 0 Å². The van der Waals surface area contributed by atoms with Crippen molar-refractivity contribution in [3.8, 4) is 11.8 Å². The zero-order valence-electron chi connectivity index (χ0n) is 11.2. The topological polar surface area (TPSA) is 47.0 Å². The van der Waals surface area contributed by atoms with E-state index in [9.17, 15) is 4.39 Å². The van der Waals surface area contributed by atoms with E-state index in [2.05, 4.69) is 45.1 Å². The minimum Gasteiger partial charge on any atom is -0.421 e. The van der Waals surface area contributed by atoms with E-state index in [0.29, 0.717) is 17.1 Å². The van der Waals surface area contributed by atoms with Crippen LogP contribution in [0, 0.1) is 5.82 Å². The molecule has 0 aliphatic heterocycles. The van der Waals surface area contributed by atoms with Crippen molar-refractivity contribution in [1.29, 1.82) is 0 Å². The quantitative estimate of drug-likeness (QED) is 0.902. The second-order valence-electron chi connectivity index (χ2n) is 4.59. The van der Waals surface area contributed by atoms with Gasteiger partial charge in [-0.3, -0.25) is 0 Å². The number of aromatic nitrogens is 2. The summed E-state index contributed by atoms with van der Waals surface area (Å²) in [5, 5.41) is 3.26. The number of benzene rings is 1. The fourth-order valence-corrected chi connectivity index (χ4v) is 1.80. The van der Waals surface area contributed by atoms with E-state index in [0.717, 1.165) is 5.56 Å². The van der Waals surface area contributed by atoms with Gasteiger partial charge in [-0.1, -0.05) is 29.8 Å². The number of nitrogens with zero attached hydrogens (tertiary/aromatic N) is 2. The third-order valence-electron chi connectivity index (χ3n) is 2.49. The van der Waals surface area contributed by atoms with Gasteiger partial charge in [0.05, 0.1) is 0 Å². The molecule has 1 aromatic carbocycles. The maximum Gasteiger partial charge on any atom is 0.321 e. The summed E-state index contributed by atoms with van der Waals surface area (Å²) in [5.41, 5.74) is 0.947. The van der Waals surface area contributed by atoms with Gasteiger partial charge < -0.3 is 10.1 Å². The van der Waals surface area contributed by atoms with Gasteiger partial charge in [-0.05, 0) is 18.2 Å². The Morgan fingerprint density at radius 3 is 2.60 bits per heavy atom. The van der Waals surface area contributed by atoms with Gasteiger partial charge in [0.25, 0.3) is 0 Å². The van der Waals surface area contributed by atoms with Crippen molar-refractivity contribution in [1.82, 2.24) is 15.3 Å². The normalized spacial score (nSPS) is 10.8. The lowest BCUT2D eigenvalue weighted by Gasteiger charge is -2.08. The molecule has 0 radical (unpaired) electrons. The summed E-state index contributed by atoms with van der Waals surface area (Å²) in [6.07, 6.45) is 3.32. The first-order valence-electron chi connectivity index (χ1n) is 6.22. The summed E-state index contributed by atoms with van der Waals surface area (Å²) in [7, 11) is 0. The van der Waals surface area contributed by atoms with Crippen molar-refractivity contribution in [2.24, 2.45) is 0 Å². The largest absolute Gasteiger partial charge is 0.421 e. The zero-order chi connectivity index (χ0) is 14.5. The predicted octanol–water partition coefficient (Wildman–Crippen LogP) is 3.67. The van der Waals surface area contributed by atoms with Gasteiger partial charge in [0, 0.05) is 35.0 Å². The molecule has 4 nitrogen and oxygen atoms in total. The average Bonchev–Trinajstić information content (AvgIpc) is 2.41. The van der Waals surface area contributed by atoms with Crippen LogP contribution in [-0.4, -0.2) is 16.0 Å². The Morgan fingerprint density at radius 2 is 2.00 bits per heavy atom. The third kappa shape index (κ3) is 4.25. The first kappa shape index (κ1) is 14.9. The number of nitrogens with one attached hydrogen (secondary N) is 1. The molecule has 0 bridgehead atoms. The number of ether oxygens (including phenoxy) is 1. The smallest absolute Gasteiger partial charge is 0.321 e. The van der Waals surface area contributed by atoms with E-state index in [1.165, 1.54) is 12.1 Å². The molecule has 0 saturated heterocycles. The van der Waals surface area contributed by atoms with Gasteiger partial charge in [-0.15, -0.1) is 0 Å². The van der Waals surface area contributed by atoms with E-state index >= 15 is 0 Å². The minimum absolute atomic E-state index is 0.0984. The van der Waals surface area contributed by atoms with Crippen LogP contribution < -0.4 is 10.1 Å². The van der Waals surface area contributed by atoms with Crippen LogP contribution >= 0.6 is 15.9 Å². The Balaban J connectivity index is 2.03. The first-order valence-corrected chi connectivity index (χ1v) is 7.01. The molecule has 1 N–H and O–H groups in total. The Bertz CT molecular complexity index is 575. The molecule has 0 aliphatic carbocycles. The molecule has 1 aromatic heterocycles. The average molecular weight is 340 g/mol. The highest BCUT2D eigenvalue weighted by Crippen LogP contribution is 2.24. The summed E-state index contributed by atoms with van der Waals surface area (Å²) in [5.74, 6) is -0.366. The summed E-state index contributed by atoms with van der Waals surface area (Å²) in [6.45, 7) is 4.81. The molecule has 0 atom stereocenters. The molecular weight excluding hydrogens is 325 g/mol. The molecule has 0 saturated carbocycles. The molecule has 106 valence electrons. The highest BCUT2D eigenvalue weighted by molar-refractivity contribution is 9.10. The van der Waals surface area contributed by atoms with E-state index < -0.39 is 5.82 Å². The minimum atomic E-state index is -0.464. The van der Waals surface area contributed by atoms with Crippen LogP contribution in [0.1, 0.15) is 19.4 Å². The fourth-order valence-electron chi connectivity index (χ4n) is 1.47. The predicted molar refractivity (Wildman–Crippen MR) is 78.2 cm³/mol. The number of hydrogen-bond acceptors (Lipinski definition) is 4. The van der Waals surface area contributed by atoms with Crippen molar-refractivity contribution in [2.75, 3.05) is 0 Å². The summed E-state index contributed by atoms with van der Waals surface area (Å²) < 4.78 is 19.6. The lowest BCUT2D eigenvalue weighted by molar-refractivity contribution is 0.410. The SMILES string of the molecule is CC(C)NCc1cnc(Oc2ccc(Br)cc2F)nc1. The molecular formula is C14H15BrFN3O. The summed E-state index contributed by atoms with van der Waals surface area (Å²) in [4.78, 5) is 8.13. The van der Waals surface area contributed by atoms with Crippen molar-refractivity contribution < 1.29 is 9.13 Å².